The molecule has 0 atom stereocenters. The largest absolute Gasteiger partial charge is 0.497 e. The van der Waals surface area contributed by atoms with Crippen LogP contribution in [0.3, 0.4) is 0 Å². The van der Waals surface area contributed by atoms with E-state index in [9.17, 15) is 4.79 Å². The van der Waals surface area contributed by atoms with Gasteiger partial charge in [-0.1, -0.05) is 18.2 Å². The van der Waals surface area contributed by atoms with Crippen molar-refractivity contribution in [3.05, 3.63) is 59.4 Å². The molecule has 3 aromatic rings. The van der Waals surface area contributed by atoms with E-state index in [4.69, 9.17) is 21.7 Å². The molecule has 1 aromatic heterocycles. The second kappa shape index (κ2) is 9.70. The molecule has 0 bridgehead atoms. The molecule has 146 valence electrons. The molecule has 0 saturated heterocycles. The van der Waals surface area contributed by atoms with Crippen LogP contribution in [0.2, 0.25) is 0 Å². The Morgan fingerprint density at radius 1 is 1.14 bits per heavy atom. The van der Waals surface area contributed by atoms with Gasteiger partial charge in [-0.05, 0) is 48.6 Å². The third-order valence-corrected chi connectivity index (χ3v) is 4.42. The van der Waals surface area contributed by atoms with E-state index in [1.807, 2.05) is 59.2 Å². The highest BCUT2D eigenvalue weighted by Gasteiger charge is 2.11. The molecule has 0 fully saturated rings. The van der Waals surface area contributed by atoms with Gasteiger partial charge in [-0.3, -0.25) is 14.5 Å². The molecule has 0 unspecified atom stereocenters. The topological polar surface area (TPSA) is 81.2 Å². The van der Waals surface area contributed by atoms with Gasteiger partial charge >= 0.3 is 0 Å². The van der Waals surface area contributed by atoms with Gasteiger partial charge in [-0.15, -0.1) is 0 Å². The third kappa shape index (κ3) is 5.20. The first-order valence-electron chi connectivity index (χ1n) is 8.91. The van der Waals surface area contributed by atoms with Gasteiger partial charge in [-0.2, -0.15) is 5.10 Å². The number of amides is 1. The van der Waals surface area contributed by atoms with Crippen LogP contribution < -0.4 is 14.8 Å². The highest BCUT2D eigenvalue weighted by atomic mass is 32.1. The van der Waals surface area contributed by atoms with Crippen LogP contribution in [0.1, 0.15) is 6.42 Å². The molecular weight excluding hydrogens is 376 g/mol. The van der Waals surface area contributed by atoms with Crippen LogP contribution >= 0.6 is 12.2 Å². The van der Waals surface area contributed by atoms with Crippen molar-refractivity contribution in [3.63, 3.8) is 0 Å². The number of aromatic amines is 1. The van der Waals surface area contributed by atoms with Gasteiger partial charge in [0.15, 0.2) is 10.6 Å². The highest BCUT2D eigenvalue weighted by Crippen LogP contribution is 2.21. The average Bonchev–Trinajstić information content (AvgIpc) is 3.11. The summed E-state index contributed by atoms with van der Waals surface area (Å²) in [7, 11) is 1.62. The van der Waals surface area contributed by atoms with Gasteiger partial charge in [0.2, 0.25) is 5.91 Å². The van der Waals surface area contributed by atoms with Crippen molar-refractivity contribution < 1.29 is 14.3 Å². The van der Waals surface area contributed by atoms with Gasteiger partial charge in [-0.25, -0.2) is 0 Å². The van der Waals surface area contributed by atoms with Crippen molar-refractivity contribution in [1.82, 2.24) is 20.1 Å². The zero-order valence-corrected chi connectivity index (χ0v) is 16.4. The van der Waals surface area contributed by atoms with Gasteiger partial charge in [0, 0.05) is 18.5 Å². The lowest BCUT2D eigenvalue weighted by molar-refractivity contribution is -0.121. The number of para-hydroxylation sites is 1. The Morgan fingerprint density at radius 3 is 2.61 bits per heavy atom. The molecule has 0 aliphatic heterocycles. The quantitative estimate of drug-likeness (QED) is 0.427. The number of H-pyrrole nitrogens is 1. The maximum atomic E-state index is 12.1. The molecule has 0 radical (unpaired) electrons. The van der Waals surface area contributed by atoms with Crippen LogP contribution in [0, 0.1) is 4.77 Å². The number of nitrogens with one attached hydrogen (secondary N) is 2. The summed E-state index contributed by atoms with van der Waals surface area (Å²) in [4.78, 5) is 12.1. The summed E-state index contributed by atoms with van der Waals surface area (Å²) >= 11 is 5.30. The van der Waals surface area contributed by atoms with Crippen LogP contribution in [0.4, 0.5) is 0 Å². The van der Waals surface area contributed by atoms with Crippen LogP contribution in [-0.2, 0) is 11.3 Å². The van der Waals surface area contributed by atoms with E-state index in [1.165, 1.54) is 0 Å². The predicted molar refractivity (Wildman–Crippen MR) is 109 cm³/mol. The normalized spacial score (nSPS) is 10.5. The first kappa shape index (κ1) is 19.6. The molecule has 0 aliphatic carbocycles. The summed E-state index contributed by atoms with van der Waals surface area (Å²) in [6.07, 6.45) is 0.294. The van der Waals surface area contributed by atoms with Crippen LogP contribution in [0.5, 0.6) is 11.5 Å². The molecule has 1 amide bonds. The molecule has 3 rings (SSSR count). The van der Waals surface area contributed by atoms with Crippen molar-refractivity contribution in [2.45, 2.75) is 13.0 Å². The summed E-state index contributed by atoms with van der Waals surface area (Å²) < 4.78 is 13.0. The lowest BCUT2D eigenvalue weighted by Gasteiger charge is -2.09. The van der Waals surface area contributed by atoms with Crippen LogP contribution in [-0.4, -0.2) is 40.9 Å². The Bertz CT molecular complexity index is 952. The summed E-state index contributed by atoms with van der Waals surface area (Å²) in [5.41, 5.74) is 0.893. The Balaban J connectivity index is 1.50. The zero-order chi connectivity index (χ0) is 19.8. The molecule has 8 heteroatoms. The van der Waals surface area contributed by atoms with Crippen molar-refractivity contribution >= 4 is 18.1 Å². The SMILES string of the molecule is COc1ccc(-c2n[nH]c(=S)n2CCC(=O)NCCOc2ccccc2)cc1. The minimum absolute atomic E-state index is 0.0690. The number of nitrogens with zero attached hydrogens (tertiary/aromatic N) is 2. The van der Waals surface area contributed by atoms with Gasteiger partial charge < -0.3 is 14.8 Å². The number of benzene rings is 2. The van der Waals surface area contributed by atoms with Crippen LogP contribution in [0.25, 0.3) is 11.4 Å². The van der Waals surface area contributed by atoms with Crippen molar-refractivity contribution in [2.24, 2.45) is 0 Å². The molecular formula is C20H22N4O3S. The predicted octanol–water partition coefficient (Wildman–Crippen LogP) is 3.20. The van der Waals surface area contributed by atoms with Gasteiger partial charge in [0.25, 0.3) is 0 Å². The highest BCUT2D eigenvalue weighted by molar-refractivity contribution is 7.71. The first-order chi connectivity index (χ1) is 13.7. The number of ether oxygens (including phenoxy) is 2. The molecule has 28 heavy (non-hydrogen) atoms. The molecule has 1 heterocycles. The Hall–Kier alpha value is -3.13. The zero-order valence-electron chi connectivity index (χ0n) is 15.6. The maximum Gasteiger partial charge on any atom is 0.221 e. The van der Waals surface area contributed by atoms with Crippen molar-refractivity contribution in [3.8, 4) is 22.9 Å². The number of carbonyl (C=O) groups is 1. The molecule has 7 nitrogen and oxygen atoms in total. The standard InChI is InChI=1S/C20H22N4O3S/c1-26-16-9-7-15(8-10-16)19-22-23-20(28)24(19)13-11-18(25)21-12-14-27-17-5-3-2-4-6-17/h2-10H,11-14H2,1H3,(H,21,25)(H,23,28). The number of hydrogen-bond acceptors (Lipinski definition) is 5. The van der Waals surface area contributed by atoms with Gasteiger partial charge in [0.1, 0.15) is 18.1 Å². The van der Waals surface area contributed by atoms with E-state index in [1.54, 1.807) is 7.11 Å². The van der Waals surface area contributed by atoms with E-state index in [-0.39, 0.29) is 5.91 Å². The lowest BCUT2D eigenvalue weighted by atomic mass is 10.2. The van der Waals surface area contributed by atoms with E-state index < -0.39 is 0 Å². The Morgan fingerprint density at radius 2 is 1.89 bits per heavy atom. The summed E-state index contributed by atoms with van der Waals surface area (Å²) in [5.74, 6) is 2.17. The fraction of sp³-hybridized carbons (Fsp3) is 0.250. The van der Waals surface area contributed by atoms with E-state index >= 15 is 0 Å². The smallest absolute Gasteiger partial charge is 0.221 e. The number of hydrogen-bond donors (Lipinski definition) is 2. The summed E-state index contributed by atoms with van der Waals surface area (Å²) in [6.45, 7) is 1.29. The van der Waals surface area contributed by atoms with Gasteiger partial charge in [0.05, 0.1) is 13.7 Å². The lowest BCUT2D eigenvalue weighted by Crippen LogP contribution is -2.28. The Labute approximate surface area is 168 Å². The number of aromatic nitrogens is 3. The summed E-state index contributed by atoms with van der Waals surface area (Å²) in [6, 6.07) is 17.0. The van der Waals surface area contributed by atoms with Crippen molar-refractivity contribution in [2.75, 3.05) is 20.3 Å². The van der Waals surface area contributed by atoms with E-state index in [2.05, 4.69) is 15.5 Å². The molecule has 2 N–H and O–H groups in total. The molecule has 0 saturated carbocycles. The fourth-order valence-electron chi connectivity index (χ4n) is 2.66. The van der Waals surface area contributed by atoms with E-state index in [0.29, 0.717) is 36.7 Å². The van der Waals surface area contributed by atoms with E-state index in [0.717, 1.165) is 17.1 Å². The molecule has 2 aromatic carbocycles. The minimum atomic E-state index is -0.0690. The minimum Gasteiger partial charge on any atom is -0.497 e. The van der Waals surface area contributed by atoms with Crippen LogP contribution in [0.15, 0.2) is 54.6 Å². The number of methoxy groups -OCH3 is 1. The third-order valence-electron chi connectivity index (χ3n) is 4.11. The monoisotopic (exact) mass is 398 g/mol. The van der Waals surface area contributed by atoms with Crippen molar-refractivity contribution in [1.29, 1.82) is 0 Å². The number of carbonyl (C=O) groups excluding carboxylic acids is 1. The second-order valence-electron chi connectivity index (χ2n) is 5.99. The molecule has 0 aliphatic rings. The number of rotatable bonds is 9. The first-order valence-corrected chi connectivity index (χ1v) is 9.32. The fourth-order valence-corrected chi connectivity index (χ4v) is 2.89. The second-order valence-corrected chi connectivity index (χ2v) is 6.38. The average molecular weight is 398 g/mol. The maximum absolute atomic E-state index is 12.1. The summed E-state index contributed by atoms with van der Waals surface area (Å²) in [5, 5.41) is 9.92. The molecule has 0 spiro atoms. The Kier molecular flexibility index (Phi) is 6.80.